The fourth-order valence-corrected chi connectivity index (χ4v) is 3.28. The van der Waals surface area contributed by atoms with Crippen LogP contribution in [0.5, 0.6) is 0 Å². The molecule has 150 valence electrons. The van der Waals surface area contributed by atoms with E-state index >= 15 is 0 Å². The summed E-state index contributed by atoms with van der Waals surface area (Å²) in [4.78, 5) is 48.5. The number of benzene rings is 2. The van der Waals surface area contributed by atoms with Crippen LogP contribution in [0, 0.1) is 0 Å². The van der Waals surface area contributed by atoms with Crippen LogP contribution in [0.3, 0.4) is 0 Å². The minimum absolute atomic E-state index is 0.179. The third-order valence-corrected chi connectivity index (χ3v) is 4.92. The molecular formula is C20H18BrN3O5. The maximum atomic E-state index is 12.4. The van der Waals surface area contributed by atoms with E-state index in [0.717, 1.165) is 10.0 Å². The summed E-state index contributed by atoms with van der Waals surface area (Å²) in [5.41, 5.74) is 1.71. The van der Waals surface area contributed by atoms with Crippen molar-refractivity contribution in [1.29, 1.82) is 0 Å². The van der Waals surface area contributed by atoms with Gasteiger partial charge in [0.05, 0.1) is 16.7 Å². The zero-order valence-corrected chi connectivity index (χ0v) is 16.9. The Kier molecular flexibility index (Phi) is 6.28. The van der Waals surface area contributed by atoms with Crippen LogP contribution >= 0.6 is 15.9 Å². The van der Waals surface area contributed by atoms with Crippen molar-refractivity contribution in [3.8, 4) is 0 Å². The first-order valence-corrected chi connectivity index (χ1v) is 9.66. The molecule has 0 atom stereocenters. The molecule has 2 aromatic carbocycles. The van der Waals surface area contributed by atoms with Crippen LogP contribution in [-0.4, -0.2) is 46.9 Å². The molecular weight excluding hydrogens is 442 g/mol. The predicted octanol–water partition coefficient (Wildman–Crippen LogP) is 2.63. The number of urea groups is 1. The van der Waals surface area contributed by atoms with E-state index in [0.29, 0.717) is 24.1 Å². The predicted molar refractivity (Wildman–Crippen MR) is 108 cm³/mol. The number of hydrogen-bond acceptors (Lipinski definition) is 4. The average Bonchev–Trinajstić information content (AvgIpc) is 2.93. The zero-order valence-electron chi connectivity index (χ0n) is 15.3. The van der Waals surface area contributed by atoms with Crippen molar-refractivity contribution in [3.05, 3.63) is 69.2 Å². The molecule has 0 aliphatic carbocycles. The van der Waals surface area contributed by atoms with Crippen molar-refractivity contribution in [1.82, 2.24) is 15.5 Å². The summed E-state index contributed by atoms with van der Waals surface area (Å²) >= 11 is 3.29. The lowest BCUT2D eigenvalue weighted by Gasteiger charge is -2.14. The second-order valence-electron chi connectivity index (χ2n) is 6.42. The molecule has 1 aliphatic rings. The molecule has 0 bridgehead atoms. The molecule has 1 heterocycles. The molecule has 0 fully saturated rings. The Hall–Kier alpha value is -3.20. The topological polar surface area (TPSA) is 116 Å². The number of carboxylic acid groups (broad SMARTS) is 1. The van der Waals surface area contributed by atoms with Gasteiger partial charge in [-0.05, 0) is 42.3 Å². The van der Waals surface area contributed by atoms with Gasteiger partial charge in [0.15, 0.2) is 0 Å². The molecule has 4 amide bonds. The molecule has 2 aromatic rings. The number of amides is 4. The first-order valence-electron chi connectivity index (χ1n) is 8.86. The number of nitrogens with one attached hydrogen (secondary N) is 2. The molecule has 1 aliphatic heterocycles. The number of carbonyl (C=O) groups is 4. The van der Waals surface area contributed by atoms with E-state index in [4.69, 9.17) is 5.11 Å². The summed E-state index contributed by atoms with van der Waals surface area (Å²) in [7, 11) is 0. The summed E-state index contributed by atoms with van der Waals surface area (Å²) in [6.07, 6.45) is 0.424. The molecule has 3 N–H and O–H groups in total. The van der Waals surface area contributed by atoms with E-state index < -0.39 is 12.0 Å². The number of carbonyl (C=O) groups excluding carboxylic acids is 3. The van der Waals surface area contributed by atoms with Gasteiger partial charge in [0.2, 0.25) is 0 Å². The Morgan fingerprint density at radius 1 is 0.966 bits per heavy atom. The molecule has 0 saturated heterocycles. The minimum Gasteiger partial charge on any atom is -0.478 e. The number of nitrogens with zero attached hydrogens (tertiary/aromatic N) is 1. The Morgan fingerprint density at radius 2 is 1.66 bits per heavy atom. The highest BCUT2D eigenvalue weighted by atomic mass is 79.9. The van der Waals surface area contributed by atoms with Crippen LogP contribution in [0.4, 0.5) is 4.79 Å². The second-order valence-corrected chi connectivity index (χ2v) is 7.33. The van der Waals surface area contributed by atoms with Crippen molar-refractivity contribution in [2.45, 2.75) is 13.0 Å². The highest BCUT2D eigenvalue weighted by Crippen LogP contribution is 2.25. The fraction of sp³-hybridized carbons (Fsp3) is 0.200. The molecule has 3 rings (SSSR count). The fourth-order valence-electron chi connectivity index (χ4n) is 2.92. The van der Waals surface area contributed by atoms with Crippen LogP contribution in [-0.2, 0) is 6.54 Å². The monoisotopic (exact) mass is 459 g/mol. The molecule has 0 saturated carbocycles. The Morgan fingerprint density at radius 3 is 2.34 bits per heavy atom. The summed E-state index contributed by atoms with van der Waals surface area (Å²) in [6, 6.07) is 10.8. The summed E-state index contributed by atoms with van der Waals surface area (Å²) in [5, 5.41) is 14.2. The van der Waals surface area contributed by atoms with Crippen LogP contribution in [0.25, 0.3) is 0 Å². The minimum atomic E-state index is -1.01. The lowest BCUT2D eigenvalue weighted by molar-refractivity contribution is 0.0649. The largest absolute Gasteiger partial charge is 0.478 e. The van der Waals surface area contributed by atoms with Crippen molar-refractivity contribution < 1.29 is 24.3 Å². The van der Waals surface area contributed by atoms with Gasteiger partial charge in [-0.15, -0.1) is 0 Å². The second kappa shape index (κ2) is 8.87. The third kappa shape index (κ3) is 4.80. The average molecular weight is 460 g/mol. The van der Waals surface area contributed by atoms with E-state index in [1.165, 1.54) is 17.0 Å². The SMILES string of the molecule is O=C(NCCCN1C(=O)c2ccc(Br)cc2C1=O)NCc1ccc(C(=O)O)cc1. The van der Waals surface area contributed by atoms with E-state index in [2.05, 4.69) is 26.6 Å². The highest BCUT2D eigenvalue weighted by molar-refractivity contribution is 9.10. The lowest BCUT2D eigenvalue weighted by Crippen LogP contribution is -2.37. The zero-order chi connectivity index (χ0) is 21.0. The van der Waals surface area contributed by atoms with Gasteiger partial charge in [0.1, 0.15) is 0 Å². The van der Waals surface area contributed by atoms with Crippen LogP contribution in [0.2, 0.25) is 0 Å². The summed E-state index contributed by atoms with van der Waals surface area (Å²) in [6.45, 7) is 0.751. The number of fused-ring (bicyclic) bond motifs is 1. The first-order chi connectivity index (χ1) is 13.9. The Balaban J connectivity index is 1.40. The van der Waals surface area contributed by atoms with E-state index in [9.17, 15) is 19.2 Å². The maximum absolute atomic E-state index is 12.4. The van der Waals surface area contributed by atoms with Gasteiger partial charge in [-0.3, -0.25) is 14.5 Å². The van der Waals surface area contributed by atoms with Gasteiger partial charge >= 0.3 is 12.0 Å². The molecule has 8 nitrogen and oxygen atoms in total. The van der Waals surface area contributed by atoms with Gasteiger partial charge in [0, 0.05) is 24.1 Å². The Bertz CT molecular complexity index is 975. The Labute approximate surface area is 175 Å². The van der Waals surface area contributed by atoms with Crippen LogP contribution < -0.4 is 10.6 Å². The lowest BCUT2D eigenvalue weighted by atomic mass is 10.1. The summed E-state index contributed by atoms with van der Waals surface area (Å²) in [5.74, 6) is -1.67. The summed E-state index contributed by atoms with van der Waals surface area (Å²) < 4.78 is 0.732. The number of carboxylic acids is 1. The highest BCUT2D eigenvalue weighted by Gasteiger charge is 2.34. The quantitative estimate of drug-likeness (QED) is 0.434. The van der Waals surface area contributed by atoms with Gasteiger partial charge < -0.3 is 15.7 Å². The van der Waals surface area contributed by atoms with Crippen LogP contribution in [0.15, 0.2) is 46.9 Å². The molecule has 29 heavy (non-hydrogen) atoms. The van der Waals surface area contributed by atoms with Gasteiger partial charge in [-0.25, -0.2) is 9.59 Å². The first kappa shape index (κ1) is 20.5. The van der Waals surface area contributed by atoms with E-state index in [-0.39, 0.29) is 30.5 Å². The molecule has 0 spiro atoms. The van der Waals surface area contributed by atoms with Gasteiger partial charge in [-0.1, -0.05) is 28.1 Å². The number of hydrogen-bond donors (Lipinski definition) is 3. The van der Waals surface area contributed by atoms with Gasteiger partial charge in [0.25, 0.3) is 11.8 Å². The number of halogens is 1. The normalized spacial score (nSPS) is 12.7. The molecule has 0 aromatic heterocycles. The molecule has 0 unspecified atom stereocenters. The standard InChI is InChI=1S/C20H18BrN3O5/c21-14-6-7-15-16(10-14)18(26)24(17(15)25)9-1-8-22-20(29)23-11-12-2-4-13(5-3-12)19(27)28/h2-7,10H,1,8-9,11H2,(H,27,28)(H2,22,23,29). The maximum Gasteiger partial charge on any atom is 0.335 e. The van der Waals surface area contributed by atoms with E-state index in [1.54, 1.807) is 30.3 Å². The smallest absolute Gasteiger partial charge is 0.335 e. The number of rotatable bonds is 7. The third-order valence-electron chi connectivity index (χ3n) is 4.43. The van der Waals surface area contributed by atoms with Crippen molar-refractivity contribution in [2.24, 2.45) is 0 Å². The van der Waals surface area contributed by atoms with Gasteiger partial charge in [-0.2, -0.15) is 0 Å². The van der Waals surface area contributed by atoms with Crippen molar-refractivity contribution in [3.63, 3.8) is 0 Å². The van der Waals surface area contributed by atoms with Crippen molar-refractivity contribution >= 4 is 39.7 Å². The number of imide groups is 1. The molecule has 0 radical (unpaired) electrons. The molecule has 9 heteroatoms. The van der Waals surface area contributed by atoms with E-state index in [1.807, 2.05) is 0 Å². The van der Waals surface area contributed by atoms with Crippen LogP contribution in [0.1, 0.15) is 43.1 Å². The number of aromatic carboxylic acids is 1. The van der Waals surface area contributed by atoms with Crippen molar-refractivity contribution in [2.75, 3.05) is 13.1 Å².